The molecule has 15 heavy (non-hydrogen) atoms. The van der Waals surface area contributed by atoms with Crippen LogP contribution in [0.15, 0.2) is 24.4 Å². The molecular formula is C10H7F2N3. The highest BCUT2D eigenvalue weighted by Gasteiger charge is 2.13. The quantitative estimate of drug-likeness (QED) is 0.719. The first kappa shape index (κ1) is 9.64. The zero-order valence-corrected chi connectivity index (χ0v) is 7.91. The van der Waals surface area contributed by atoms with Gasteiger partial charge in [0.05, 0.1) is 17.5 Å². The van der Waals surface area contributed by atoms with Crippen LogP contribution in [0.2, 0.25) is 0 Å². The predicted molar refractivity (Wildman–Crippen MR) is 49.9 cm³/mol. The van der Waals surface area contributed by atoms with Gasteiger partial charge in [-0.1, -0.05) is 6.07 Å². The van der Waals surface area contributed by atoms with Crippen molar-refractivity contribution in [2.75, 3.05) is 0 Å². The van der Waals surface area contributed by atoms with Crippen molar-refractivity contribution in [2.24, 2.45) is 0 Å². The number of nitrogens with zero attached hydrogens (tertiary/aromatic N) is 3. The van der Waals surface area contributed by atoms with E-state index in [1.165, 1.54) is 12.3 Å². The molecule has 0 saturated carbocycles. The largest absolute Gasteiger partial charge is 0.233 e. The molecule has 0 fully saturated rings. The zero-order valence-electron chi connectivity index (χ0n) is 7.91. The van der Waals surface area contributed by atoms with Crippen molar-refractivity contribution in [1.29, 1.82) is 0 Å². The molecule has 5 heteroatoms. The molecule has 2 aromatic rings. The van der Waals surface area contributed by atoms with Gasteiger partial charge in [0.25, 0.3) is 0 Å². The molecule has 76 valence electrons. The predicted octanol–water partition coefficient (Wildman–Crippen LogP) is 2.13. The van der Waals surface area contributed by atoms with Gasteiger partial charge in [0.2, 0.25) is 0 Å². The fourth-order valence-corrected chi connectivity index (χ4v) is 1.16. The third-order valence-electron chi connectivity index (χ3n) is 1.86. The van der Waals surface area contributed by atoms with Gasteiger partial charge in [-0.05, 0) is 19.1 Å². The van der Waals surface area contributed by atoms with Crippen LogP contribution in [0.1, 0.15) is 5.69 Å². The van der Waals surface area contributed by atoms with E-state index < -0.39 is 11.6 Å². The van der Waals surface area contributed by atoms with Gasteiger partial charge in [-0.3, -0.25) is 0 Å². The lowest BCUT2D eigenvalue weighted by molar-refractivity contribution is 0.586. The molecule has 2 rings (SSSR count). The van der Waals surface area contributed by atoms with E-state index in [0.29, 0.717) is 5.69 Å². The molecule has 0 N–H and O–H groups in total. The summed E-state index contributed by atoms with van der Waals surface area (Å²) >= 11 is 0. The van der Waals surface area contributed by atoms with Crippen molar-refractivity contribution in [3.63, 3.8) is 0 Å². The summed E-state index contributed by atoms with van der Waals surface area (Å²) in [4.78, 5) is 3.82. The summed E-state index contributed by atoms with van der Waals surface area (Å²) in [6.45, 7) is 1.70. The van der Waals surface area contributed by atoms with E-state index in [1.807, 2.05) is 0 Å². The molecule has 0 unspecified atom stereocenters. The van der Waals surface area contributed by atoms with E-state index in [2.05, 4.69) is 15.2 Å². The molecule has 0 spiro atoms. The molecular weight excluding hydrogens is 200 g/mol. The van der Waals surface area contributed by atoms with Crippen molar-refractivity contribution >= 4 is 0 Å². The van der Waals surface area contributed by atoms with Crippen molar-refractivity contribution in [1.82, 2.24) is 15.2 Å². The Morgan fingerprint density at radius 3 is 2.27 bits per heavy atom. The molecule has 0 aliphatic rings. The molecule has 1 heterocycles. The molecule has 3 nitrogen and oxygen atoms in total. The maximum atomic E-state index is 13.3. The number of aromatic nitrogens is 3. The highest BCUT2D eigenvalue weighted by Crippen LogP contribution is 2.21. The highest BCUT2D eigenvalue weighted by molar-refractivity contribution is 5.55. The molecule has 0 atom stereocenters. The summed E-state index contributed by atoms with van der Waals surface area (Å²) in [7, 11) is 0. The van der Waals surface area contributed by atoms with E-state index in [1.54, 1.807) is 6.92 Å². The van der Waals surface area contributed by atoms with Crippen molar-refractivity contribution in [3.05, 3.63) is 41.7 Å². The number of aryl methyl sites for hydroxylation is 1. The van der Waals surface area contributed by atoms with Crippen molar-refractivity contribution in [2.45, 2.75) is 6.92 Å². The van der Waals surface area contributed by atoms with Gasteiger partial charge in [0.1, 0.15) is 11.6 Å². The van der Waals surface area contributed by atoms with Crippen LogP contribution in [0.4, 0.5) is 8.78 Å². The average molecular weight is 207 g/mol. The van der Waals surface area contributed by atoms with Crippen LogP contribution in [-0.2, 0) is 0 Å². The minimum absolute atomic E-state index is 0.0452. The molecule has 0 saturated heterocycles. The minimum atomic E-state index is -0.694. The van der Waals surface area contributed by atoms with Crippen LogP contribution < -0.4 is 0 Å². The first-order valence-electron chi connectivity index (χ1n) is 4.29. The van der Waals surface area contributed by atoms with E-state index in [-0.39, 0.29) is 11.4 Å². The van der Waals surface area contributed by atoms with E-state index >= 15 is 0 Å². The standard InChI is InChI=1S/C10H7F2N3/c1-6-5-13-10(15-14-6)9-7(11)3-2-4-8(9)12/h2-5H,1H3. The third kappa shape index (κ3) is 1.81. The Labute approximate surface area is 84.8 Å². The fourth-order valence-electron chi connectivity index (χ4n) is 1.16. The van der Waals surface area contributed by atoms with Crippen LogP contribution in [0, 0.1) is 18.6 Å². The Morgan fingerprint density at radius 1 is 1.07 bits per heavy atom. The smallest absolute Gasteiger partial charge is 0.187 e. The van der Waals surface area contributed by atoms with Crippen molar-refractivity contribution < 1.29 is 8.78 Å². The van der Waals surface area contributed by atoms with E-state index in [4.69, 9.17) is 0 Å². The van der Waals surface area contributed by atoms with Gasteiger partial charge in [-0.25, -0.2) is 13.8 Å². The lowest BCUT2D eigenvalue weighted by Crippen LogP contribution is -1.98. The first-order chi connectivity index (χ1) is 7.18. The van der Waals surface area contributed by atoms with E-state index in [9.17, 15) is 8.78 Å². The molecule has 0 aliphatic heterocycles. The van der Waals surface area contributed by atoms with Crippen LogP contribution in [0.25, 0.3) is 11.4 Å². The molecule has 0 aliphatic carbocycles. The maximum absolute atomic E-state index is 13.3. The average Bonchev–Trinajstić information content (AvgIpc) is 2.20. The topological polar surface area (TPSA) is 38.7 Å². The number of hydrogen-bond donors (Lipinski definition) is 0. The van der Waals surface area contributed by atoms with Gasteiger partial charge in [-0.2, -0.15) is 5.10 Å². The molecule has 0 radical (unpaired) electrons. The van der Waals surface area contributed by atoms with Gasteiger partial charge in [0, 0.05) is 0 Å². The number of rotatable bonds is 1. The zero-order chi connectivity index (χ0) is 10.8. The van der Waals surface area contributed by atoms with Crippen LogP contribution in [-0.4, -0.2) is 15.2 Å². The van der Waals surface area contributed by atoms with Gasteiger partial charge < -0.3 is 0 Å². The first-order valence-corrected chi connectivity index (χ1v) is 4.29. The molecule has 1 aromatic carbocycles. The maximum Gasteiger partial charge on any atom is 0.187 e. The molecule has 1 aromatic heterocycles. The van der Waals surface area contributed by atoms with Gasteiger partial charge >= 0.3 is 0 Å². The summed E-state index contributed by atoms with van der Waals surface area (Å²) in [5, 5.41) is 7.32. The summed E-state index contributed by atoms with van der Waals surface area (Å²) in [6, 6.07) is 3.60. The summed E-state index contributed by atoms with van der Waals surface area (Å²) < 4.78 is 26.6. The Bertz CT molecular complexity index is 462. The second-order valence-corrected chi connectivity index (χ2v) is 3.02. The van der Waals surface area contributed by atoms with Crippen LogP contribution in [0.3, 0.4) is 0 Å². The summed E-state index contributed by atoms with van der Waals surface area (Å²) in [6.07, 6.45) is 1.41. The minimum Gasteiger partial charge on any atom is -0.233 e. The number of halogens is 2. The number of benzene rings is 1. The summed E-state index contributed by atoms with van der Waals surface area (Å²) in [5.41, 5.74) is 0.348. The summed E-state index contributed by atoms with van der Waals surface area (Å²) in [5.74, 6) is -1.43. The highest BCUT2D eigenvalue weighted by atomic mass is 19.1. The Balaban J connectivity index is 2.58. The van der Waals surface area contributed by atoms with Crippen LogP contribution >= 0.6 is 0 Å². The Kier molecular flexibility index (Phi) is 2.37. The van der Waals surface area contributed by atoms with Gasteiger partial charge in [-0.15, -0.1) is 5.10 Å². The Hall–Kier alpha value is -1.91. The number of hydrogen-bond acceptors (Lipinski definition) is 3. The normalized spacial score (nSPS) is 10.3. The lowest BCUT2D eigenvalue weighted by atomic mass is 10.2. The van der Waals surface area contributed by atoms with E-state index in [0.717, 1.165) is 12.1 Å². The molecule has 0 bridgehead atoms. The third-order valence-corrected chi connectivity index (χ3v) is 1.86. The second kappa shape index (κ2) is 3.68. The second-order valence-electron chi connectivity index (χ2n) is 3.02. The fraction of sp³-hybridized carbons (Fsp3) is 0.100. The van der Waals surface area contributed by atoms with Crippen LogP contribution in [0.5, 0.6) is 0 Å². The molecule has 0 amide bonds. The lowest BCUT2D eigenvalue weighted by Gasteiger charge is -2.01. The monoisotopic (exact) mass is 207 g/mol. The SMILES string of the molecule is Cc1cnc(-c2c(F)cccc2F)nn1. The van der Waals surface area contributed by atoms with Gasteiger partial charge in [0.15, 0.2) is 5.82 Å². The van der Waals surface area contributed by atoms with Crippen molar-refractivity contribution in [3.8, 4) is 11.4 Å². The Morgan fingerprint density at radius 2 is 1.73 bits per heavy atom.